The molecule has 0 bridgehead atoms. The lowest BCUT2D eigenvalue weighted by atomic mass is 9.91. The molecule has 1 saturated heterocycles. The minimum Gasteiger partial charge on any atom is -0.381 e. The van der Waals surface area contributed by atoms with Crippen LogP contribution in [-0.2, 0) is 14.2 Å². The molecule has 178 valence electrons. The maximum absolute atomic E-state index is 6.17. The van der Waals surface area contributed by atoms with Crippen molar-refractivity contribution in [3.8, 4) is 11.8 Å². The van der Waals surface area contributed by atoms with E-state index in [-0.39, 0.29) is 0 Å². The summed E-state index contributed by atoms with van der Waals surface area (Å²) in [4.78, 5) is 11.1. The smallest absolute Gasteiger partial charge is 0.206 e. The summed E-state index contributed by atoms with van der Waals surface area (Å²) in [5.41, 5.74) is 0. The van der Waals surface area contributed by atoms with E-state index in [1.54, 1.807) is 13.3 Å². The van der Waals surface area contributed by atoms with Crippen LogP contribution in [0.4, 0.5) is 5.82 Å². The number of methoxy groups -OCH3 is 1. The lowest BCUT2D eigenvalue weighted by molar-refractivity contribution is -0.119. The first-order valence-corrected chi connectivity index (χ1v) is 12.1. The van der Waals surface area contributed by atoms with E-state index in [1.807, 2.05) is 54.5 Å². The van der Waals surface area contributed by atoms with Crippen LogP contribution in [0.25, 0.3) is 0 Å². The quantitative estimate of drug-likeness (QED) is 0.457. The maximum atomic E-state index is 6.17. The fourth-order valence-electron chi connectivity index (χ4n) is 3.17. The molecular formula is C25H45N3O3. The minimum atomic E-state index is 0.353. The van der Waals surface area contributed by atoms with Crippen LogP contribution in [-0.4, -0.2) is 61.7 Å². The van der Waals surface area contributed by atoms with Gasteiger partial charge in [-0.25, -0.2) is 9.97 Å². The lowest BCUT2D eigenvalue weighted by Gasteiger charge is -2.39. The van der Waals surface area contributed by atoms with Gasteiger partial charge in [-0.15, -0.1) is 0 Å². The van der Waals surface area contributed by atoms with Crippen LogP contribution >= 0.6 is 0 Å². The van der Waals surface area contributed by atoms with Crippen LogP contribution < -0.4 is 4.90 Å². The molecule has 6 nitrogen and oxygen atoms in total. The van der Waals surface area contributed by atoms with Crippen molar-refractivity contribution in [1.29, 1.82) is 0 Å². The first kappa shape index (κ1) is 29.3. The number of piperidine rings is 1. The molecule has 0 unspecified atom stereocenters. The van der Waals surface area contributed by atoms with Crippen LogP contribution in [0.2, 0.25) is 0 Å². The Labute approximate surface area is 191 Å². The van der Waals surface area contributed by atoms with Gasteiger partial charge in [0, 0.05) is 33.0 Å². The zero-order valence-corrected chi connectivity index (χ0v) is 21.1. The number of hydrogen-bond donors (Lipinski definition) is 0. The number of aromatic nitrogens is 2. The van der Waals surface area contributed by atoms with E-state index < -0.39 is 0 Å². The molecule has 3 rings (SSSR count). The Hall–Kier alpha value is -1.68. The van der Waals surface area contributed by atoms with Gasteiger partial charge in [0.2, 0.25) is 5.82 Å². The molecule has 0 aromatic carbocycles. The normalized spacial score (nSPS) is 19.7. The van der Waals surface area contributed by atoms with Crippen molar-refractivity contribution >= 4 is 5.82 Å². The average Bonchev–Trinajstić information content (AvgIpc) is 2.83. The Bertz CT molecular complexity index is 602. The van der Waals surface area contributed by atoms with Gasteiger partial charge in [-0.3, -0.25) is 0 Å². The Kier molecular flexibility index (Phi) is 18.0. The highest BCUT2D eigenvalue weighted by Crippen LogP contribution is 2.29. The van der Waals surface area contributed by atoms with E-state index in [9.17, 15) is 0 Å². The van der Waals surface area contributed by atoms with Crippen LogP contribution in [0, 0.1) is 11.8 Å². The Balaban J connectivity index is 0.00000138. The summed E-state index contributed by atoms with van der Waals surface area (Å²) in [6.07, 6.45) is 7.04. The summed E-state index contributed by atoms with van der Waals surface area (Å²) < 4.78 is 16.7. The van der Waals surface area contributed by atoms with E-state index in [0.29, 0.717) is 37.4 Å². The van der Waals surface area contributed by atoms with Crippen LogP contribution in [0.15, 0.2) is 12.3 Å². The number of rotatable bonds is 6. The summed E-state index contributed by atoms with van der Waals surface area (Å²) in [6, 6.07) is 1.95. The van der Waals surface area contributed by atoms with E-state index in [0.717, 1.165) is 44.6 Å². The maximum Gasteiger partial charge on any atom is 0.206 e. The molecule has 1 aliphatic heterocycles. The second kappa shape index (κ2) is 19.0. The van der Waals surface area contributed by atoms with Gasteiger partial charge in [-0.2, -0.15) is 0 Å². The van der Waals surface area contributed by atoms with Crippen molar-refractivity contribution in [3.05, 3.63) is 18.1 Å². The van der Waals surface area contributed by atoms with Crippen LogP contribution in [0.3, 0.4) is 0 Å². The molecular weight excluding hydrogens is 390 g/mol. The molecule has 2 aliphatic rings. The summed E-state index contributed by atoms with van der Waals surface area (Å²) in [6.45, 7) is 16.9. The first-order valence-electron chi connectivity index (χ1n) is 12.1. The van der Waals surface area contributed by atoms with Gasteiger partial charge >= 0.3 is 0 Å². The topological polar surface area (TPSA) is 56.7 Å². The molecule has 0 N–H and O–H groups in total. The van der Waals surface area contributed by atoms with Gasteiger partial charge in [-0.05, 0) is 44.6 Å². The minimum absolute atomic E-state index is 0.353. The first-order chi connectivity index (χ1) is 15.3. The van der Waals surface area contributed by atoms with Gasteiger partial charge < -0.3 is 19.1 Å². The van der Waals surface area contributed by atoms with Gasteiger partial charge in [0.1, 0.15) is 12.4 Å². The highest BCUT2D eigenvalue weighted by atomic mass is 16.5. The summed E-state index contributed by atoms with van der Waals surface area (Å²) in [5.74, 6) is 7.39. The molecule has 0 atom stereocenters. The molecule has 31 heavy (non-hydrogen) atoms. The van der Waals surface area contributed by atoms with E-state index in [2.05, 4.69) is 26.7 Å². The van der Waals surface area contributed by atoms with Crippen molar-refractivity contribution in [2.75, 3.05) is 38.3 Å². The van der Waals surface area contributed by atoms with Crippen LogP contribution in [0.5, 0.6) is 0 Å². The summed E-state index contributed by atoms with van der Waals surface area (Å²) in [5, 5.41) is 0. The molecule has 6 heteroatoms. The van der Waals surface area contributed by atoms with Crippen molar-refractivity contribution in [2.45, 2.75) is 92.5 Å². The third kappa shape index (κ3) is 11.0. The SMILES string of the molecule is CC.CC.CC.CCOCC#Cc1nccc(N2CCC(OC3CC(OC)C3)CC2)n1. The van der Waals surface area contributed by atoms with Crippen molar-refractivity contribution < 1.29 is 14.2 Å². The lowest BCUT2D eigenvalue weighted by Crippen LogP contribution is -2.43. The molecule has 1 aromatic rings. The monoisotopic (exact) mass is 435 g/mol. The van der Waals surface area contributed by atoms with E-state index in [4.69, 9.17) is 14.2 Å². The molecule has 1 aliphatic carbocycles. The zero-order chi connectivity index (χ0) is 23.5. The van der Waals surface area contributed by atoms with Crippen molar-refractivity contribution in [3.63, 3.8) is 0 Å². The third-order valence-electron chi connectivity index (χ3n) is 4.76. The fraction of sp³-hybridized carbons (Fsp3) is 0.760. The number of hydrogen-bond acceptors (Lipinski definition) is 6. The molecule has 2 heterocycles. The predicted octanol–water partition coefficient (Wildman–Crippen LogP) is 5.11. The Morgan fingerprint density at radius 3 is 2.23 bits per heavy atom. The molecule has 2 fully saturated rings. The van der Waals surface area contributed by atoms with Gasteiger partial charge in [-0.1, -0.05) is 47.5 Å². The van der Waals surface area contributed by atoms with E-state index in [1.165, 1.54) is 0 Å². The molecule has 1 aromatic heterocycles. The Morgan fingerprint density at radius 2 is 1.65 bits per heavy atom. The second-order valence-electron chi connectivity index (χ2n) is 6.45. The predicted molar refractivity (Wildman–Crippen MR) is 130 cm³/mol. The highest BCUT2D eigenvalue weighted by Gasteiger charge is 2.33. The van der Waals surface area contributed by atoms with Crippen molar-refractivity contribution in [1.82, 2.24) is 9.97 Å². The third-order valence-corrected chi connectivity index (χ3v) is 4.76. The highest BCUT2D eigenvalue weighted by molar-refractivity contribution is 5.40. The van der Waals surface area contributed by atoms with Gasteiger partial charge in [0.25, 0.3) is 0 Å². The van der Waals surface area contributed by atoms with Crippen LogP contribution in [0.1, 0.15) is 80.0 Å². The molecule has 0 spiro atoms. The van der Waals surface area contributed by atoms with Crippen molar-refractivity contribution in [2.24, 2.45) is 0 Å². The van der Waals surface area contributed by atoms with Gasteiger partial charge in [0.05, 0.1) is 18.3 Å². The fourth-order valence-corrected chi connectivity index (χ4v) is 3.17. The summed E-state index contributed by atoms with van der Waals surface area (Å²) >= 11 is 0. The zero-order valence-electron chi connectivity index (χ0n) is 21.1. The Morgan fingerprint density at radius 1 is 1.00 bits per heavy atom. The second-order valence-corrected chi connectivity index (χ2v) is 6.45. The summed E-state index contributed by atoms with van der Waals surface area (Å²) in [7, 11) is 1.77. The largest absolute Gasteiger partial charge is 0.381 e. The molecule has 0 amide bonds. The van der Waals surface area contributed by atoms with Gasteiger partial charge in [0.15, 0.2) is 0 Å². The number of anilines is 1. The molecule has 0 radical (unpaired) electrons. The number of ether oxygens (including phenoxy) is 3. The van der Waals surface area contributed by atoms with E-state index >= 15 is 0 Å². The molecule has 1 saturated carbocycles. The number of nitrogens with zero attached hydrogens (tertiary/aromatic N) is 3. The standard InChI is InChI=1S/C19H27N3O3.3C2H6/c1-3-24-12-4-5-18-20-9-6-19(21-18)22-10-7-15(8-11-22)25-17-13-16(14-17)23-2;3*1-2/h6,9,15-17H,3,7-8,10-14H2,1-2H3;3*1-2H3. The average molecular weight is 436 g/mol.